The Morgan fingerprint density at radius 2 is 2.16 bits per heavy atom. The Balaban J connectivity index is 1.52. The fraction of sp³-hybridized carbons (Fsp3) is 0.400. The Hall–Kier alpha value is -2.47. The van der Waals surface area contributed by atoms with E-state index in [0.29, 0.717) is 29.2 Å². The van der Waals surface area contributed by atoms with Crippen molar-refractivity contribution < 1.29 is 23.0 Å². The standard InChI is InChI=1S/C20H22F3N5O2S/c1-28-18(17-5-4-14(24)13(23)8-30-17)15(7-25-28)26-19(29)16-9-31-20(27-16)11-3-2-10(21)6-12(11)22/h2-3,6-7,9,13-14,17,19,26,29H,4-5,8,24H2,1H3/t13-,14-,17+,19?/m1/s1. The fourth-order valence-electron chi connectivity index (χ4n) is 3.51. The number of rotatable bonds is 5. The second kappa shape index (κ2) is 8.95. The van der Waals surface area contributed by atoms with Crippen LogP contribution in [-0.2, 0) is 11.8 Å². The van der Waals surface area contributed by atoms with Crippen molar-refractivity contribution in [2.45, 2.75) is 37.4 Å². The zero-order valence-electron chi connectivity index (χ0n) is 16.6. The van der Waals surface area contributed by atoms with Gasteiger partial charge in [-0.05, 0) is 25.0 Å². The maximum atomic E-state index is 14.0. The molecular formula is C20H22F3N5O2S. The van der Waals surface area contributed by atoms with Crippen LogP contribution in [0.3, 0.4) is 0 Å². The van der Waals surface area contributed by atoms with E-state index in [-0.39, 0.29) is 17.9 Å². The molecule has 1 unspecified atom stereocenters. The van der Waals surface area contributed by atoms with Crippen LogP contribution < -0.4 is 11.1 Å². The number of benzene rings is 1. The zero-order valence-corrected chi connectivity index (χ0v) is 17.5. The topological polar surface area (TPSA) is 98.2 Å². The van der Waals surface area contributed by atoms with E-state index in [1.165, 1.54) is 12.3 Å². The number of aryl methyl sites for hydroxylation is 1. The third-order valence-electron chi connectivity index (χ3n) is 5.23. The Bertz CT molecular complexity index is 1050. The number of halogens is 3. The monoisotopic (exact) mass is 453 g/mol. The highest BCUT2D eigenvalue weighted by molar-refractivity contribution is 7.13. The Kier molecular flexibility index (Phi) is 6.28. The molecule has 3 aromatic rings. The fourth-order valence-corrected chi connectivity index (χ4v) is 4.38. The number of thiazole rings is 1. The van der Waals surface area contributed by atoms with Crippen LogP contribution in [0.4, 0.5) is 18.9 Å². The van der Waals surface area contributed by atoms with E-state index in [2.05, 4.69) is 15.4 Å². The third kappa shape index (κ3) is 4.59. The molecule has 0 bridgehead atoms. The summed E-state index contributed by atoms with van der Waals surface area (Å²) in [6, 6.07) is 2.66. The first-order valence-electron chi connectivity index (χ1n) is 9.72. The molecule has 1 aromatic carbocycles. The molecule has 11 heteroatoms. The molecule has 0 aliphatic carbocycles. The number of nitrogens with two attached hydrogens (primary N) is 1. The highest BCUT2D eigenvalue weighted by atomic mass is 32.1. The molecular weight excluding hydrogens is 431 g/mol. The minimum absolute atomic E-state index is 0.113. The number of alkyl halides is 1. The SMILES string of the molecule is Cn1ncc(NC(O)c2csc(-c3ccc(F)cc3F)n2)c1[C@@H]1CC[C@@H](N)[C@H](F)CO1. The Morgan fingerprint density at radius 3 is 2.94 bits per heavy atom. The average molecular weight is 453 g/mol. The van der Waals surface area contributed by atoms with Crippen molar-refractivity contribution in [1.82, 2.24) is 14.8 Å². The minimum atomic E-state index is -1.24. The summed E-state index contributed by atoms with van der Waals surface area (Å²) in [4.78, 5) is 4.27. The van der Waals surface area contributed by atoms with Crippen molar-refractivity contribution in [2.75, 3.05) is 11.9 Å². The van der Waals surface area contributed by atoms with Gasteiger partial charge in [-0.2, -0.15) is 5.10 Å². The largest absolute Gasteiger partial charge is 0.369 e. The van der Waals surface area contributed by atoms with Crippen LogP contribution in [0, 0.1) is 11.6 Å². The predicted molar refractivity (Wildman–Crippen MR) is 110 cm³/mol. The molecule has 4 rings (SSSR count). The lowest BCUT2D eigenvalue weighted by molar-refractivity contribution is 0.0246. The van der Waals surface area contributed by atoms with Crippen molar-refractivity contribution in [3.63, 3.8) is 0 Å². The highest BCUT2D eigenvalue weighted by Crippen LogP contribution is 2.34. The molecule has 166 valence electrons. The molecule has 3 heterocycles. The molecule has 4 atom stereocenters. The number of ether oxygens (including phenoxy) is 1. The van der Waals surface area contributed by atoms with Gasteiger partial charge in [-0.3, -0.25) is 4.68 Å². The van der Waals surface area contributed by atoms with Crippen LogP contribution in [0.15, 0.2) is 29.8 Å². The summed E-state index contributed by atoms with van der Waals surface area (Å²) in [5.74, 6) is -1.41. The van der Waals surface area contributed by atoms with E-state index in [4.69, 9.17) is 10.5 Å². The van der Waals surface area contributed by atoms with Gasteiger partial charge in [-0.25, -0.2) is 18.2 Å². The summed E-state index contributed by atoms with van der Waals surface area (Å²) in [5, 5.41) is 19.7. The number of aliphatic hydroxyl groups is 1. The van der Waals surface area contributed by atoms with Gasteiger partial charge < -0.3 is 20.9 Å². The van der Waals surface area contributed by atoms with E-state index in [0.717, 1.165) is 23.5 Å². The van der Waals surface area contributed by atoms with Gasteiger partial charge in [0.1, 0.15) is 34.6 Å². The Labute approximate surface area is 180 Å². The number of nitrogens with zero attached hydrogens (tertiary/aromatic N) is 3. The van der Waals surface area contributed by atoms with E-state index < -0.39 is 36.2 Å². The van der Waals surface area contributed by atoms with Gasteiger partial charge >= 0.3 is 0 Å². The quantitative estimate of drug-likeness (QED) is 0.512. The third-order valence-corrected chi connectivity index (χ3v) is 6.12. The number of hydrogen-bond acceptors (Lipinski definition) is 7. The normalized spacial score (nSPS) is 22.8. The number of nitrogens with one attached hydrogen (secondary N) is 1. The number of hydrogen-bond donors (Lipinski definition) is 3. The van der Waals surface area contributed by atoms with Gasteiger partial charge in [0.05, 0.1) is 24.2 Å². The maximum Gasteiger partial charge on any atom is 0.169 e. The summed E-state index contributed by atoms with van der Waals surface area (Å²) in [6.45, 7) is -0.113. The van der Waals surface area contributed by atoms with Crippen LogP contribution in [0.1, 0.15) is 36.6 Å². The van der Waals surface area contributed by atoms with E-state index in [1.54, 1.807) is 17.1 Å². The molecule has 1 aliphatic heterocycles. The second-order valence-electron chi connectivity index (χ2n) is 7.39. The van der Waals surface area contributed by atoms with Crippen molar-refractivity contribution in [3.05, 3.63) is 52.8 Å². The average Bonchev–Trinajstić information content (AvgIpc) is 3.31. The first-order chi connectivity index (χ1) is 14.8. The first kappa shape index (κ1) is 21.8. The van der Waals surface area contributed by atoms with Crippen molar-refractivity contribution in [1.29, 1.82) is 0 Å². The molecule has 0 radical (unpaired) electrons. The van der Waals surface area contributed by atoms with Gasteiger partial charge in [-0.15, -0.1) is 11.3 Å². The summed E-state index contributed by atoms with van der Waals surface area (Å²) in [6.07, 6.45) is -0.381. The van der Waals surface area contributed by atoms with Crippen LogP contribution in [0.5, 0.6) is 0 Å². The second-order valence-corrected chi connectivity index (χ2v) is 8.25. The van der Waals surface area contributed by atoms with Gasteiger partial charge in [0.25, 0.3) is 0 Å². The molecule has 0 spiro atoms. The summed E-state index contributed by atoms with van der Waals surface area (Å²) < 4.78 is 48.4. The van der Waals surface area contributed by atoms with Crippen LogP contribution in [0.2, 0.25) is 0 Å². The summed E-state index contributed by atoms with van der Waals surface area (Å²) in [5.41, 5.74) is 7.39. The van der Waals surface area contributed by atoms with Crippen molar-refractivity contribution in [3.8, 4) is 10.6 Å². The molecule has 2 aromatic heterocycles. The molecule has 31 heavy (non-hydrogen) atoms. The van der Waals surface area contributed by atoms with E-state index >= 15 is 0 Å². The smallest absolute Gasteiger partial charge is 0.169 e. The maximum absolute atomic E-state index is 14.0. The Morgan fingerprint density at radius 1 is 1.35 bits per heavy atom. The van der Waals surface area contributed by atoms with Gasteiger partial charge in [0, 0.05) is 30.1 Å². The van der Waals surface area contributed by atoms with Gasteiger partial charge in [0.15, 0.2) is 6.23 Å². The van der Waals surface area contributed by atoms with Crippen LogP contribution in [-0.4, -0.2) is 38.7 Å². The predicted octanol–water partition coefficient (Wildman–Crippen LogP) is 3.44. The first-order valence-corrected chi connectivity index (χ1v) is 10.6. The van der Waals surface area contributed by atoms with Crippen molar-refractivity contribution in [2.24, 2.45) is 12.8 Å². The van der Waals surface area contributed by atoms with E-state index in [1.807, 2.05) is 0 Å². The molecule has 0 amide bonds. The lowest BCUT2D eigenvalue weighted by Gasteiger charge is -2.19. The highest BCUT2D eigenvalue weighted by Gasteiger charge is 2.30. The molecule has 7 nitrogen and oxygen atoms in total. The van der Waals surface area contributed by atoms with E-state index in [9.17, 15) is 18.3 Å². The number of anilines is 1. The van der Waals surface area contributed by atoms with Crippen molar-refractivity contribution >= 4 is 17.0 Å². The van der Waals surface area contributed by atoms with Gasteiger partial charge in [-0.1, -0.05) is 0 Å². The molecule has 1 saturated heterocycles. The molecule has 1 aliphatic rings. The number of aliphatic hydroxyl groups excluding tert-OH is 1. The van der Waals surface area contributed by atoms with Crippen LogP contribution in [0.25, 0.3) is 10.6 Å². The lowest BCUT2D eigenvalue weighted by Crippen LogP contribution is -2.32. The molecule has 0 saturated carbocycles. The summed E-state index contributed by atoms with van der Waals surface area (Å²) >= 11 is 1.13. The molecule has 4 N–H and O–H groups in total. The van der Waals surface area contributed by atoms with Crippen LogP contribution >= 0.6 is 11.3 Å². The minimum Gasteiger partial charge on any atom is -0.369 e. The van der Waals surface area contributed by atoms with Gasteiger partial charge in [0.2, 0.25) is 0 Å². The zero-order chi connectivity index (χ0) is 22.1. The molecule has 1 fully saturated rings. The lowest BCUT2D eigenvalue weighted by atomic mass is 10.0. The summed E-state index contributed by atoms with van der Waals surface area (Å²) in [7, 11) is 1.73. The number of aromatic nitrogens is 3.